The molecular formula is C22H24N2O3S. The monoisotopic (exact) mass is 396 g/mol. The van der Waals surface area contributed by atoms with Gasteiger partial charge in [-0.15, -0.1) is 0 Å². The molecule has 0 radical (unpaired) electrons. The lowest BCUT2D eigenvalue weighted by atomic mass is 10.0. The maximum absolute atomic E-state index is 5.83. The predicted molar refractivity (Wildman–Crippen MR) is 110 cm³/mol. The van der Waals surface area contributed by atoms with Gasteiger partial charge in [0.25, 0.3) is 0 Å². The zero-order chi connectivity index (χ0) is 19.3. The summed E-state index contributed by atoms with van der Waals surface area (Å²) >= 11 is 1.72. The molecule has 0 saturated heterocycles. The Balaban J connectivity index is 1.56. The van der Waals surface area contributed by atoms with Crippen molar-refractivity contribution in [1.29, 1.82) is 0 Å². The van der Waals surface area contributed by atoms with Gasteiger partial charge in [-0.05, 0) is 60.4 Å². The molecule has 3 heterocycles. The molecule has 1 N–H and O–H groups in total. The third-order valence-electron chi connectivity index (χ3n) is 4.71. The van der Waals surface area contributed by atoms with Crippen LogP contribution in [0.4, 0.5) is 0 Å². The summed E-state index contributed by atoms with van der Waals surface area (Å²) in [6.07, 6.45) is 2.80. The highest BCUT2D eigenvalue weighted by Gasteiger charge is 2.20. The van der Waals surface area contributed by atoms with Crippen molar-refractivity contribution in [3.63, 3.8) is 0 Å². The van der Waals surface area contributed by atoms with E-state index in [1.54, 1.807) is 11.3 Å². The number of fused-ring (bicyclic) bond motifs is 1. The Labute approximate surface area is 169 Å². The molecule has 0 bridgehead atoms. The Kier molecular flexibility index (Phi) is 5.78. The van der Waals surface area contributed by atoms with Crippen LogP contribution in [0.25, 0.3) is 0 Å². The number of nitrogens with zero attached hydrogens (tertiary/aromatic N) is 1. The summed E-state index contributed by atoms with van der Waals surface area (Å²) in [5, 5.41) is 7.97. The number of hydrogen-bond donors (Lipinski definition) is 1. The van der Waals surface area contributed by atoms with Gasteiger partial charge >= 0.3 is 0 Å². The summed E-state index contributed by atoms with van der Waals surface area (Å²) in [4.78, 5) is 4.65. The number of rotatable bonds is 8. The van der Waals surface area contributed by atoms with Crippen molar-refractivity contribution in [3.8, 4) is 17.2 Å². The molecule has 5 nitrogen and oxygen atoms in total. The number of aromatic nitrogens is 1. The number of benzene rings is 1. The number of hydrogen-bond acceptors (Lipinski definition) is 6. The standard InChI is InChI=1S/C22H24N2O3S/c1-3-25-20-10-22-21(26-14-27-22)9-17(20)12-24-19(8-16-6-7-28-13-16)18-5-4-15(2)11-23-18/h4-7,9-11,13,19,24H,3,8,12,14H2,1-2H3/t19-/m0/s1. The van der Waals surface area contributed by atoms with E-state index in [4.69, 9.17) is 14.2 Å². The molecular weight excluding hydrogens is 372 g/mol. The van der Waals surface area contributed by atoms with Crippen LogP contribution in [0.3, 0.4) is 0 Å². The summed E-state index contributed by atoms with van der Waals surface area (Å²) in [5.41, 5.74) is 4.55. The highest BCUT2D eigenvalue weighted by Crippen LogP contribution is 2.38. The molecule has 0 fully saturated rings. The van der Waals surface area contributed by atoms with Crippen LogP contribution in [0.1, 0.15) is 35.3 Å². The first-order valence-electron chi connectivity index (χ1n) is 9.45. The molecule has 6 heteroatoms. The quantitative estimate of drug-likeness (QED) is 0.600. The molecule has 0 aliphatic carbocycles. The zero-order valence-corrected chi connectivity index (χ0v) is 16.9. The van der Waals surface area contributed by atoms with Gasteiger partial charge in [0.1, 0.15) is 5.75 Å². The topological polar surface area (TPSA) is 52.6 Å². The Morgan fingerprint density at radius 1 is 1.21 bits per heavy atom. The second-order valence-electron chi connectivity index (χ2n) is 6.78. The smallest absolute Gasteiger partial charge is 0.231 e. The van der Waals surface area contributed by atoms with Gasteiger partial charge in [-0.25, -0.2) is 0 Å². The van der Waals surface area contributed by atoms with E-state index in [2.05, 4.69) is 46.2 Å². The van der Waals surface area contributed by atoms with Gasteiger partial charge in [-0.3, -0.25) is 4.98 Å². The number of pyridine rings is 1. The average Bonchev–Trinajstić information content (AvgIpc) is 3.37. The lowest BCUT2D eigenvalue weighted by molar-refractivity contribution is 0.173. The van der Waals surface area contributed by atoms with E-state index in [1.165, 1.54) is 5.56 Å². The SMILES string of the molecule is CCOc1cc2c(cc1CN[C@@H](Cc1ccsc1)c1ccc(C)cn1)OCO2. The molecule has 0 saturated carbocycles. The van der Waals surface area contributed by atoms with Gasteiger partial charge in [-0.2, -0.15) is 11.3 Å². The van der Waals surface area contributed by atoms with E-state index < -0.39 is 0 Å². The minimum absolute atomic E-state index is 0.107. The maximum Gasteiger partial charge on any atom is 0.231 e. The fourth-order valence-electron chi connectivity index (χ4n) is 3.24. The van der Waals surface area contributed by atoms with E-state index in [9.17, 15) is 0 Å². The van der Waals surface area contributed by atoms with Crippen LogP contribution in [0, 0.1) is 6.92 Å². The van der Waals surface area contributed by atoms with Gasteiger partial charge in [0, 0.05) is 24.4 Å². The largest absolute Gasteiger partial charge is 0.493 e. The molecule has 0 unspecified atom stereocenters. The van der Waals surface area contributed by atoms with E-state index in [0.717, 1.165) is 40.5 Å². The van der Waals surface area contributed by atoms with Crippen molar-refractivity contribution in [3.05, 3.63) is 69.7 Å². The molecule has 0 spiro atoms. The first-order chi connectivity index (χ1) is 13.7. The molecule has 2 aromatic heterocycles. The fourth-order valence-corrected chi connectivity index (χ4v) is 3.92. The molecule has 1 aromatic carbocycles. The van der Waals surface area contributed by atoms with Crippen molar-refractivity contribution in [2.24, 2.45) is 0 Å². The lowest BCUT2D eigenvalue weighted by Crippen LogP contribution is -2.24. The first kappa shape index (κ1) is 18.8. The minimum atomic E-state index is 0.107. The Bertz CT molecular complexity index is 910. The van der Waals surface area contributed by atoms with E-state index >= 15 is 0 Å². The molecule has 1 aliphatic heterocycles. The van der Waals surface area contributed by atoms with E-state index in [1.807, 2.05) is 25.3 Å². The highest BCUT2D eigenvalue weighted by molar-refractivity contribution is 7.07. The molecule has 28 heavy (non-hydrogen) atoms. The number of thiophene rings is 1. The van der Waals surface area contributed by atoms with Crippen LogP contribution in [-0.4, -0.2) is 18.4 Å². The van der Waals surface area contributed by atoms with Gasteiger partial charge in [0.2, 0.25) is 6.79 Å². The third-order valence-corrected chi connectivity index (χ3v) is 5.44. The summed E-state index contributed by atoms with van der Waals surface area (Å²) in [5.74, 6) is 2.33. The Morgan fingerprint density at radius 3 is 2.79 bits per heavy atom. The molecule has 1 atom stereocenters. The van der Waals surface area contributed by atoms with Crippen LogP contribution in [0.5, 0.6) is 17.2 Å². The predicted octanol–water partition coefficient (Wildman–Crippen LogP) is 4.65. The fraction of sp³-hybridized carbons (Fsp3) is 0.318. The maximum atomic E-state index is 5.83. The zero-order valence-electron chi connectivity index (χ0n) is 16.1. The van der Waals surface area contributed by atoms with Crippen molar-refractivity contribution in [1.82, 2.24) is 10.3 Å². The summed E-state index contributed by atoms with van der Waals surface area (Å²) in [7, 11) is 0. The normalized spacial score (nSPS) is 13.5. The van der Waals surface area contributed by atoms with Gasteiger partial charge in [0.05, 0.1) is 18.3 Å². The molecule has 4 rings (SSSR count). The molecule has 0 amide bonds. The van der Waals surface area contributed by atoms with Crippen LogP contribution >= 0.6 is 11.3 Å². The first-order valence-corrected chi connectivity index (χ1v) is 10.4. The van der Waals surface area contributed by atoms with Crippen LogP contribution in [0.2, 0.25) is 0 Å². The summed E-state index contributed by atoms with van der Waals surface area (Å²) in [6.45, 7) is 5.54. The molecule has 3 aromatic rings. The summed E-state index contributed by atoms with van der Waals surface area (Å²) in [6, 6.07) is 10.4. The van der Waals surface area contributed by atoms with Crippen molar-refractivity contribution < 1.29 is 14.2 Å². The van der Waals surface area contributed by atoms with Crippen LogP contribution in [0.15, 0.2) is 47.3 Å². The Hall–Kier alpha value is -2.57. The van der Waals surface area contributed by atoms with Gasteiger partial charge in [0.15, 0.2) is 11.5 Å². The number of aryl methyl sites for hydroxylation is 1. The molecule has 146 valence electrons. The van der Waals surface area contributed by atoms with Gasteiger partial charge in [-0.1, -0.05) is 6.07 Å². The average molecular weight is 397 g/mol. The second kappa shape index (κ2) is 8.63. The van der Waals surface area contributed by atoms with Gasteiger partial charge < -0.3 is 19.5 Å². The third kappa shape index (κ3) is 4.29. The van der Waals surface area contributed by atoms with Crippen molar-refractivity contribution in [2.45, 2.75) is 32.9 Å². The second-order valence-corrected chi connectivity index (χ2v) is 7.56. The van der Waals surface area contributed by atoms with Crippen LogP contribution < -0.4 is 19.5 Å². The van der Waals surface area contributed by atoms with Crippen molar-refractivity contribution in [2.75, 3.05) is 13.4 Å². The van der Waals surface area contributed by atoms with E-state index in [0.29, 0.717) is 13.2 Å². The molecule has 1 aliphatic rings. The lowest BCUT2D eigenvalue weighted by Gasteiger charge is -2.20. The summed E-state index contributed by atoms with van der Waals surface area (Å²) < 4.78 is 16.9. The number of nitrogens with one attached hydrogen (secondary N) is 1. The number of ether oxygens (including phenoxy) is 3. The highest BCUT2D eigenvalue weighted by atomic mass is 32.1. The Morgan fingerprint density at radius 2 is 2.07 bits per heavy atom. The van der Waals surface area contributed by atoms with Crippen LogP contribution in [-0.2, 0) is 13.0 Å². The van der Waals surface area contributed by atoms with Crippen molar-refractivity contribution >= 4 is 11.3 Å². The minimum Gasteiger partial charge on any atom is -0.493 e. The van der Waals surface area contributed by atoms with E-state index in [-0.39, 0.29) is 12.8 Å².